The summed E-state index contributed by atoms with van der Waals surface area (Å²) >= 11 is 0. The first kappa shape index (κ1) is 16.5. The highest BCUT2D eigenvalue weighted by atomic mass is 16.7. The Kier molecular flexibility index (Phi) is 4.28. The zero-order valence-electron chi connectivity index (χ0n) is 14.5. The van der Waals surface area contributed by atoms with Crippen molar-refractivity contribution in [3.8, 4) is 0 Å². The van der Waals surface area contributed by atoms with Gasteiger partial charge < -0.3 is 14.6 Å². The van der Waals surface area contributed by atoms with E-state index in [1.807, 2.05) is 52.0 Å². The molecule has 1 aliphatic heterocycles. The maximum absolute atomic E-state index is 12.2. The zero-order valence-corrected chi connectivity index (χ0v) is 14.5. The first-order chi connectivity index (χ1) is 10.8. The Morgan fingerprint density at radius 3 is 2.09 bits per heavy atom. The number of hydrogen-bond donors (Lipinski definition) is 1. The maximum Gasteiger partial charge on any atom is 0.494 e. The maximum atomic E-state index is 12.2. The standard InChI is InChI=1S/C18H26BNO3/c1-17(2)18(3,4)23-19(22-17)14-9-11-15(12-10-14)20-16(21)13-7-5-6-8-13/h9-13H,5-8H2,1-4H3,(H,20,21). The van der Waals surface area contributed by atoms with Gasteiger partial charge in [0.15, 0.2) is 0 Å². The normalized spacial score (nSPS) is 23.2. The van der Waals surface area contributed by atoms with Crippen LogP contribution in [0.15, 0.2) is 24.3 Å². The molecule has 124 valence electrons. The Bertz CT molecular complexity index is 560. The minimum Gasteiger partial charge on any atom is -0.399 e. The van der Waals surface area contributed by atoms with Crippen LogP contribution in [0.2, 0.25) is 0 Å². The molecule has 1 heterocycles. The van der Waals surface area contributed by atoms with Gasteiger partial charge in [0.25, 0.3) is 0 Å². The average Bonchev–Trinajstić information content (AvgIpc) is 3.07. The summed E-state index contributed by atoms with van der Waals surface area (Å²) in [5.41, 5.74) is 1.13. The van der Waals surface area contributed by atoms with E-state index in [-0.39, 0.29) is 30.1 Å². The second kappa shape index (κ2) is 5.95. The first-order valence-corrected chi connectivity index (χ1v) is 8.55. The molecule has 1 amide bonds. The molecule has 2 aliphatic rings. The van der Waals surface area contributed by atoms with Crippen LogP contribution >= 0.6 is 0 Å². The fraction of sp³-hybridized carbons (Fsp3) is 0.611. The molecule has 0 spiro atoms. The van der Waals surface area contributed by atoms with Crippen LogP contribution in [0, 0.1) is 5.92 Å². The van der Waals surface area contributed by atoms with Gasteiger partial charge in [-0.3, -0.25) is 4.79 Å². The second-order valence-corrected chi connectivity index (χ2v) is 7.68. The van der Waals surface area contributed by atoms with Gasteiger partial charge in [-0.05, 0) is 58.1 Å². The Labute approximate surface area is 139 Å². The number of anilines is 1. The van der Waals surface area contributed by atoms with Crippen LogP contribution < -0.4 is 10.8 Å². The van der Waals surface area contributed by atoms with E-state index < -0.39 is 0 Å². The highest BCUT2D eigenvalue weighted by molar-refractivity contribution is 6.62. The van der Waals surface area contributed by atoms with Gasteiger partial charge >= 0.3 is 7.12 Å². The Hall–Kier alpha value is -1.33. The fourth-order valence-electron chi connectivity index (χ4n) is 3.14. The minimum atomic E-state index is -0.361. The van der Waals surface area contributed by atoms with Gasteiger partial charge in [0.2, 0.25) is 5.91 Å². The molecule has 0 atom stereocenters. The molecule has 1 aromatic rings. The molecule has 2 fully saturated rings. The smallest absolute Gasteiger partial charge is 0.399 e. The predicted octanol–water partition coefficient (Wildman–Crippen LogP) is 3.11. The van der Waals surface area contributed by atoms with Crippen LogP contribution in [0.3, 0.4) is 0 Å². The lowest BCUT2D eigenvalue weighted by Crippen LogP contribution is -2.41. The number of benzene rings is 1. The van der Waals surface area contributed by atoms with E-state index >= 15 is 0 Å². The monoisotopic (exact) mass is 315 g/mol. The molecule has 23 heavy (non-hydrogen) atoms. The van der Waals surface area contributed by atoms with Crippen molar-refractivity contribution in [3.63, 3.8) is 0 Å². The van der Waals surface area contributed by atoms with E-state index in [9.17, 15) is 4.79 Å². The molecule has 1 aliphatic carbocycles. The molecule has 0 radical (unpaired) electrons. The van der Waals surface area contributed by atoms with Gasteiger partial charge in [0.05, 0.1) is 11.2 Å². The third-order valence-electron chi connectivity index (χ3n) is 5.43. The second-order valence-electron chi connectivity index (χ2n) is 7.68. The molecule has 1 saturated carbocycles. The van der Waals surface area contributed by atoms with Crippen LogP contribution in [-0.4, -0.2) is 24.2 Å². The van der Waals surface area contributed by atoms with E-state index in [1.165, 1.54) is 12.8 Å². The van der Waals surface area contributed by atoms with Crippen molar-refractivity contribution in [2.24, 2.45) is 5.92 Å². The molecule has 4 nitrogen and oxygen atoms in total. The summed E-state index contributed by atoms with van der Waals surface area (Å²) in [6.07, 6.45) is 4.35. The molecule has 5 heteroatoms. The van der Waals surface area contributed by atoms with Gasteiger partial charge in [-0.25, -0.2) is 0 Å². The van der Waals surface area contributed by atoms with Crippen molar-refractivity contribution in [3.05, 3.63) is 24.3 Å². The lowest BCUT2D eigenvalue weighted by atomic mass is 9.79. The number of amides is 1. The summed E-state index contributed by atoms with van der Waals surface area (Å²) < 4.78 is 12.1. The quantitative estimate of drug-likeness (QED) is 0.872. The molecule has 1 aromatic carbocycles. The average molecular weight is 315 g/mol. The largest absolute Gasteiger partial charge is 0.494 e. The predicted molar refractivity (Wildman–Crippen MR) is 92.7 cm³/mol. The van der Waals surface area contributed by atoms with Crippen molar-refractivity contribution >= 4 is 24.2 Å². The number of rotatable bonds is 3. The molecule has 3 rings (SSSR count). The minimum absolute atomic E-state index is 0.144. The summed E-state index contributed by atoms with van der Waals surface area (Å²) in [7, 11) is -0.361. The van der Waals surface area contributed by atoms with Gasteiger partial charge in [-0.15, -0.1) is 0 Å². The Morgan fingerprint density at radius 1 is 1.04 bits per heavy atom. The van der Waals surface area contributed by atoms with Gasteiger partial charge in [-0.1, -0.05) is 25.0 Å². The third kappa shape index (κ3) is 3.31. The summed E-state index contributed by atoms with van der Waals surface area (Å²) in [4.78, 5) is 12.2. The molecule has 1 saturated heterocycles. The molecular formula is C18H26BNO3. The van der Waals surface area contributed by atoms with Crippen LogP contribution in [-0.2, 0) is 14.1 Å². The Morgan fingerprint density at radius 2 is 1.57 bits per heavy atom. The highest BCUT2D eigenvalue weighted by Gasteiger charge is 2.51. The summed E-state index contributed by atoms with van der Waals surface area (Å²) in [5.74, 6) is 0.323. The molecular weight excluding hydrogens is 289 g/mol. The number of nitrogens with one attached hydrogen (secondary N) is 1. The molecule has 0 aromatic heterocycles. The number of carbonyl (C=O) groups excluding carboxylic acids is 1. The van der Waals surface area contributed by atoms with Crippen LogP contribution in [0.5, 0.6) is 0 Å². The van der Waals surface area contributed by atoms with E-state index in [2.05, 4.69) is 5.32 Å². The Balaban J connectivity index is 1.65. The zero-order chi connectivity index (χ0) is 16.7. The third-order valence-corrected chi connectivity index (χ3v) is 5.43. The number of hydrogen-bond acceptors (Lipinski definition) is 3. The summed E-state index contributed by atoms with van der Waals surface area (Å²) in [5, 5.41) is 3.01. The summed E-state index contributed by atoms with van der Waals surface area (Å²) in [6, 6.07) is 7.78. The van der Waals surface area contributed by atoms with Crippen LogP contribution in [0.1, 0.15) is 53.4 Å². The van der Waals surface area contributed by atoms with Crippen molar-refractivity contribution in [1.82, 2.24) is 0 Å². The number of carbonyl (C=O) groups is 1. The lowest BCUT2D eigenvalue weighted by Gasteiger charge is -2.32. The van der Waals surface area contributed by atoms with Gasteiger partial charge in [0, 0.05) is 11.6 Å². The molecule has 0 unspecified atom stereocenters. The lowest BCUT2D eigenvalue weighted by molar-refractivity contribution is -0.119. The van der Waals surface area contributed by atoms with Gasteiger partial charge in [0.1, 0.15) is 0 Å². The fourth-order valence-corrected chi connectivity index (χ4v) is 3.14. The van der Waals surface area contributed by atoms with E-state index in [1.54, 1.807) is 0 Å². The molecule has 1 N–H and O–H groups in total. The SMILES string of the molecule is CC1(C)OB(c2ccc(NC(=O)C3CCCC3)cc2)OC1(C)C. The van der Waals surface area contributed by atoms with Gasteiger partial charge in [-0.2, -0.15) is 0 Å². The van der Waals surface area contributed by atoms with Crippen LogP contribution in [0.25, 0.3) is 0 Å². The van der Waals surface area contributed by atoms with E-state index in [0.717, 1.165) is 24.0 Å². The highest BCUT2D eigenvalue weighted by Crippen LogP contribution is 2.36. The van der Waals surface area contributed by atoms with Crippen molar-refractivity contribution < 1.29 is 14.1 Å². The van der Waals surface area contributed by atoms with Crippen LogP contribution in [0.4, 0.5) is 5.69 Å². The topological polar surface area (TPSA) is 47.6 Å². The van der Waals surface area contributed by atoms with Crippen molar-refractivity contribution in [2.45, 2.75) is 64.6 Å². The van der Waals surface area contributed by atoms with E-state index in [0.29, 0.717) is 0 Å². The summed E-state index contributed by atoms with van der Waals surface area (Å²) in [6.45, 7) is 8.18. The first-order valence-electron chi connectivity index (χ1n) is 8.55. The molecule has 0 bridgehead atoms. The van der Waals surface area contributed by atoms with Crippen molar-refractivity contribution in [2.75, 3.05) is 5.32 Å². The van der Waals surface area contributed by atoms with E-state index in [4.69, 9.17) is 9.31 Å². The van der Waals surface area contributed by atoms with Crippen molar-refractivity contribution in [1.29, 1.82) is 0 Å².